The van der Waals surface area contributed by atoms with Crippen LogP contribution in [0.1, 0.15) is 28.4 Å². The molecule has 6 nitrogen and oxygen atoms in total. The van der Waals surface area contributed by atoms with Gasteiger partial charge in [-0.3, -0.25) is 4.79 Å². The Kier molecular flexibility index (Phi) is 9.57. The smallest absolute Gasteiger partial charge is 0.275 e. The molecule has 9 heteroatoms. The van der Waals surface area contributed by atoms with Gasteiger partial charge in [0, 0.05) is 8.04 Å². The lowest BCUT2D eigenvalue weighted by atomic mass is 10.2. The summed E-state index contributed by atoms with van der Waals surface area (Å²) in [5, 5.41) is 4.08. The van der Waals surface area contributed by atoms with Gasteiger partial charge in [-0.15, -0.1) is 0 Å². The predicted octanol–water partition coefficient (Wildman–Crippen LogP) is 6.57. The fourth-order valence-corrected chi connectivity index (χ4v) is 4.18. The molecular weight excluding hydrogens is 667 g/mol. The summed E-state index contributed by atoms with van der Waals surface area (Å²) in [5.74, 6) is 1.27. The van der Waals surface area contributed by atoms with E-state index in [4.69, 9.17) is 14.2 Å². The molecule has 0 unspecified atom stereocenters. The molecule has 0 aliphatic carbocycles. The van der Waals surface area contributed by atoms with E-state index in [0.29, 0.717) is 36.0 Å². The molecule has 0 spiro atoms. The minimum atomic E-state index is -0.383. The highest BCUT2D eigenvalue weighted by atomic mass is 127. The molecule has 0 saturated heterocycles. The van der Waals surface area contributed by atoms with Gasteiger partial charge in [0.2, 0.25) is 0 Å². The Morgan fingerprint density at radius 2 is 1.82 bits per heavy atom. The first-order valence-corrected chi connectivity index (χ1v) is 12.6. The first-order chi connectivity index (χ1) is 15.9. The van der Waals surface area contributed by atoms with E-state index < -0.39 is 0 Å². The van der Waals surface area contributed by atoms with Gasteiger partial charge in [-0.2, -0.15) is 5.10 Å². The zero-order valence-corrected chi connectivity index (χ0v) is 23.2. The molecule has 0 aromatic heterocycles. The number of hydrazone groups is 1. The van der Waals surface area contributed by atoms with Gasteiger partial charge in [-0.1, -0.05) is 28.1 Å². The van der Waals surface area contributed by atoms with Gasteiger partial charge in [0.15, 0.2) is 11.5 Å². The van der Waals surface area contributed by atoms with E-state index in [-0.39, 0.29) is 5.91 Å². The van der Waals surface area contributed by atoms with Crippen LogP contribution in [0.4, 0.5) is 0 Å². The van der Waals surface area contributed by atoms with E-state index in [2.05, 4.69) is 65.0 Å². The normalized spacial score (nSPS) is 10.8. The number of halogens is 3. The van der Waals surface area contributed by atoms with Crippen LogP contribution < -0.4 is 19.6 Å². The summed E-state index contributed by atoms with van der Waals surface area (Å²) in [6.45, 7) is 2.79. The molecule has 3 aromatic rings. The Morgan fingerprint density at radius 3 is 2.52 bits per heavy atom. The summed E-state index contributed by atoms with van der Waals surface area (Å²) >= 11 is 9.19. The number of ether oxygens (including phenoxy) is 3. The number of carbonyl (C=O) groups excluding carboxylic acids is 1. The van der Waals surface area contributed by atoms with Crippen LogP contribution in [0, 0.1) is 3.57 Å². The lowest BCUT2D eigenvalue weighted by Crippen LogP contribution is -2.18. The monoisotopic (exact) mass is 686 g/mol. The largest absolute Gasteiger partial charge is 0.496 e. The van der Waals surface area contributed by atoms with Gasteiger partial charge >= 0.3 is 0 Å². The van der Waals surface area contributed by atoms with E-state index >= 15 is 0 Å². The Labute approximate surface area is 223 Å². The minimum Gasteiger partial charge on any atom is -0.496 e. The predicted molar refractivity (Wildman–Crippen MR) is 145 cm³/mol. The first-order valence-electron chi connectivity index (χ1n) is 9.91. The van der Waals surface area contributed by atoms with E-state index in [1.165, 1.54) is 10.7 Å². The molecule has 3 rings (SSSR count). The third kappa shape index (κ3) is 7.18. The summed E-state index contributed by atoms with van der Waals surface area (Å²) in [6, 6.07) is 17.0. The topological polar surface area (TPSA) is 69.2 Å². The molecule has 0 aliphatic rings. The molecule has 0 bridgehead atoms. The maximum absolute atomic E-state index is 12.5. The number of hydrogen-bond acceptors (Lipinski definition) is 5. The van der Waals surface area contributed by atoms with Crippen molar-refractivity contribution in [3.63, 3.8) is 0 Å². The van der Waals surface area contributed by atoms with Gasteiger partial charge in [0.05, 0.1) is 30.0 Å². The summed E-state index contributed by atoms with van der Waals surface area (Å²) in [4.78, 5) is 12.5. The van der Waals surface area contributed by atoms with Gasteiger partial charge < -0.3 is 14.2 Å². The molecule has 3 aromatic carbocycles. The van der Waals surface area contributed by atoms with Crippen molar-refractivity contribution >= 4 is 66.6 Å². The maximum atomic E-state index is 12.5. The molecule has 0 fully saturated rings. The first kappa shape index (κ1) is 25.5. The van der Waals surface area contributed by atoms with Crippen LogP contribution in [-0.4, -0.2) is 25.8 Å². The number of benzene rings is 3. The van der Waals surface area contributed by atoms with Crippen LogP contribution in [0.15, 0.2) is 68.6 Å². The van der Waals surface area contributed by atoms with Gasteiger partial charge in [0.1, 0.15) is 12.4 Å². The van der Waals surface area contributed by atoms with E-state index in [1.807, 2.05) is 43.3 Å². The van der Waals surface area contributed by atoms with Crippen LogP contribution >= 0.6 is 54.5 Å². The van der Waals surface area contributed by atoms with Crippen molar-refractivity contribution in [3.8, 4) is 17.2 Å². The molecule has 0 heterocycles. The number of amides is 1. The Hall–Kier alpha value is -2.11. The Bertz CT molecular complexity index is 1150. The van der Waals surface area contributed by atoms with Crippen LogP contribution in [0.25, 0.3) is 0 Å². The van der Waals surface area contributed by atoms with Crippen LogP contribution in [0.2, 0.25) is 0 Å². The molecule has 172 valence electrons. The van der Waals surface area contributed by atoms with Crippen molar-refractivity contribution in [2.24, 2.45) is 5.10 Å². The Balaban J connectivity index is 1.74. The van der Waals surface area contributed by atoms with Crippen LogP contribution in [0.5, 0.6) is 17.2 Å². The van der Waals surface area contributed by atoms with Gasteiger partial charge in [-0.05, 0) is 99.0 Å². The highest BCUT2D eigenvalue weighted by molar-refractivity contribution is 14.1. The third-order valence-electron chi connectivity index (χ3n) is 4.41. The average Bonchev–Trinajstić information content (AvgIpc) is 2.80. The number of hydrogen-bond donors (Lipinski definition) is 1. The molecule has 0 aliphatic heterocycles. The number of carbonyl (C=O) groups is 1. The number of methoxy groups -OCH3 is 1. The summed E-state index contributed by atoms with van der Waals surface area (Å²) in [6.07, 6.45) is 1.54. The zero-order chi connectivity index (χ0) is 23.8. The number of nitrogens with one attached hydrogen (secondary N) is 1. The maximum Gasteiger partial charge on any atom is 0.275 e. The van der Waals surface area contributed by atoms with Crippen LogP contribution in [-0.2, 0) is 6.61 Å². The summed E-state index contributed by atoms with van der Waals surface area (Å²) < 4.78 is 19.7. The van der Waals surface area contributed by atoms with Crippen molar-refractivity contribution in [3.05, 3.63) is 83.8 Å². The standard InChI is InChI=1S/C24H21Br2IN2O4/c1-3-32-22-11-16(10-20(26)23(22)33-14-15-4-7-18(27)8-5-15)13-28-29-24(30)19-12-17(25)6-9-21(19)31-2/h4-13H,3,14H2,1-2H3,(H,29,30)/b28-13-. The molecule has 33 heavy (non-hydrogen) atoms. The Morgan fingerprint density at radius 1 is 1.06 bits per heavy atom. The van der Waals surface area contributed by atoms with Crippen molar-refractivity contribution in [1.82, 2.24) is 5.43 Å². The van der Waals surface area contributed by atoms with E-state index in [9.17, 15) is 4.79 Å². The molecular formula is C24H21Br2IN2O4. The average molecular weight is 688 g/mol. The number of rotatable bonds is 9. The summed E-state index contributed by atoms with van der Waals surface area (Å²) in [7, 11) is 1.51. The van der Waals surface area contributed by atoms with Crippen molar-refractivity contribution < 1.29 is 19.0 Å². The minimum absolute atomic E-state index is 0.375. The lowest BCUT2D eigenvalue weighted by molar-refractivity contribution is 0.0952. The summed E-state index contributed by atoms with van der Waals surface area (Å²) in [5.41, 5.74) is 4.69. The van der Waals surface area contributed by atoms with Gasteiger partial charge in [0.25, 0.3) is 5.91 Å². The fourth-order valence-electron chi connectivity index (χ4n) is 2.88. The molecule has 0 saturated carbocycles. The van der Waals surface area contributed by atoms with Gasteiger partial charge in [-0.25, -0.2) is 5.43 Å². The second-order valence-electron chi connectivity index (χ2n) is 6.72. The molecule has 1 amide bonds. The van der Waals surface area contributed by atoms with Crippen molar-refractivity contribution in [2.75, 3.05) is 13.7 Å². The lowest BCUT2D eigenvalue weighted by Gasteiger charge is -2.15. The quantitative estimate of drug-likeness (QED) is 0.157. The van der Waals surface area contributed by atoms with E-state index in [0.717, 1.165) is 20.1 Å². The second kappa shape index (κ2) is 12.4. The molecule has 1 N–H and O–H groups in total. The third-order valence-corrected chi connectivity index (χ3v) is 6.22. The van der Waals surface area contributed by atoms with Crippen molar-refractivity contribution in [1.29, 1.82) is 0 Å². The zero-order valence-electron chi connectivity index (χ0n) is 17.9. The van der Waals surface area contributed by atoms with Crippen molar-refractivity contribution in [2.45, 2.75) is 13.5 Å². The number of nitrogens with zero attached hydrogens (tertiary/aromatic N) is 1. The second-order valence-corrected chi connectivity index (χ2v) is 9.74. The molecule has 0 atom stereocenters. The molecule has 0 radical (unpaired) electrons. The highest BCUT2D eigenvalue weighted by Crippen LogP contribution is 2.37. The van der Waals surface area contributed by atoms with Crippen LogP contribution in [0.3, 0.4) is 0 Å². The SMILES string of the molecule is CCOc1cc(/C=N\NC(=O)c2cc(Br)ccc2OC)cc(Br)c1OCc1ccc(I)cc1. The fraction of sp³-hybridized carbons (Fsp3) is 0.167. The highest BCUT2D eigenvalue weighted by Gasteiger charge is 2.14. The van der Waals surface area contributed by atoms with E-state index in [1.54, 1.807) is 24.4 Å².